The standard InChI is InChI=1S/C24H36N2O5/c1-4-24(5-2)11-8-19(9-12-24)31-23(29)26-13-10-18(16-26)22(28)25-15-17-6-7-20(27)21(14-17)30-3/h6-7,14,18-19,27H,4-5,8-13,15-16H2,1-3H3,(H,25,28)/t18-/m0/s1. The number of likely N-dealkylation sites (tertiary alicyclic amines) is 1. The van der Waals surface area contributed by atoms with Gasteiger partial charge in [-0.05, 0) is 55.2 Å². The van der Waals surface area contributed by atoms with Crippen LogP contribution >= 0.6 is 0 Å². The molecule has 2 aliphatic rings. The molecule has 172 valence electrons. The smallest absolute Gasteiger partial charge is 0.410 e. The van der Waals surface area contributed by atoms with Crippen molar-refractivity contribution in [3.63, 3.8) is 0 Å². The van der Waals surface area contributed by atoms with E-state index < -0.39 is 0 Å². The normalized spacial score (nSPS) is 21.0. The summed E-state index contributed by atoms with van der Waals surface area (Å²) in [7, 11) is 1.49. The number of rotatable bonds is 7. The molecule has 2 fully saturated rings. The first-order chi connectivity index (χ1) is 14.9. The van der Waals surface area contributed by atoms with Crippen LogP contribution in [0.5, 0.6) is 11.5 Å². The zero-order valence-electron chi connectivity index (χ0n) is 19.0. The fourth-order valence-corrected chi connectivity index (χ4v) is 4.80. The van der Waals surface area contributed by atoms with Gasteiger partial charge in [0.1, 0.15) is 6.10 Å². The summed E-state index contributed by atoms with van der Waals surface area (Å²) in [5, 5.41) is 12.6. The minimum absolute atomic E-state index is 0.00363. The zero-order valence-corrected chi connectivity index (χ0v) is 19.0. The molecule has 1 saturated heterocycles. The highest BCUT2D eigenvalue weighted by atomic mass is 16.6. The first kappa shape index (κ1) is 23.2. The van der Waals surface area contributed by atoms with E-state index in [1.807, 2.05) is 0 Å². The maximum Gasteiger partial charge on any atom is 0.410 e. The second kappa shape index (κ2) is 10.2. The van der Waals surface area contributed by atoms with E-state index in [1.54, 1.807) is 23.1 Å². The number of ether oxygens (including phenoxy) is 2. The number of methoxy groups -OCH3 is 1. The van der Waals surface area contributed by atoms with Crippen LogP contribution in [-0.2, 0) is 16.1 Å². The van der Waals surface area contributed by atoms with E-state index in [0.29, 0.717) is 37.2 Å². The van der Waals surface area contributed by atoms with Crippen LogP contribution in [0.25, 0.3) is 0 Å². The molecule has 31 heavy (non-hydrogen) atoms. The number of benzene rings is 1. The van der Waals surface area contributed by atoms with Crippen LogP contribution in [0.4, 0.5) is 4.79 Å². The lowest BCUT2D eigenvalue weighted by Gasteiger charge is -2.39. The van der Waals surface area contributed by atoms with Gasteiger partial charge in [0.2, 0.25) is 5.91 Å². The molecular formula is C24H36N2O5. The molecule has 3 rings (SSSR count). The minimum Gasteiger partial charge on any atom is -0.504 e. The summed E-state index contributed by atoms with van der Waals surface area (Å²) < 4.78 is 10.9. The van der Waals surface area contributed by atoms with Crippen LogP contribution in [0, 0.1) is 11.3 Å². The first-order valence-electron chi connectivity index (χ1n) is 11.5. The number of hydrogen-bond acceptors (Lipinski definition) is 5. The van der Waals surface area contributed by atoms with E-state index in [2.05, 4.69) is 19.2 Å². The lowest BCUT2D eigenvalue weighted by atomic mass is 9.70. The van der Waals surface area contributed by atoms with Crippen molar-refractivity contribution in [3.05, 3.63) is 23.8 Å². The number of aromatic hydroxyl groups is 1. The summed E-state index contributed by atoms with van der Waals surface area (Å²) in [5.41, 5.74) is 1.26. The monoisotopic (exact) mass is 432 g/mol. The molecule has 7 nitrogen and oxygen atoms in total. The average molecular weight is 433 g/mol. The molecule has 1 atom stereocenters. The van der Waals surface area contributed by atoms with Crippen molar-refractivity contribution in [2.45, 2.75) is 71.4 Å². The maximum absolute atomic E-state index is 12.6. The summed E-state index contributed by atoms with van der Waals surface area (Å²) in [6.45, 7) is 5.79. The van der Waals surface area contributed by atoms with E-state index in [1.165, 1.54) is 20.0 Å². The predicted molar refractivity (Wildman–Crippen MR) is 118 cm³/mol. The number of carbonyl (C=O) groups excluding carboxylic acids is 2. The lowest BCUT2D eigenvalue weighted by Crippen LogP contribution is -2.37. The summed E-state index contributed by atoms with van der Waals surface area (Å²) in [6.07, 6.45) is 6.81. The van der Waals surface area contributed by atoms with Crippen LogP contribution in [0.15, 0.2) is 18.2 Å². The Kier molecular flexibility index (Phi) is 7.68. The third-order valence-corrected chi connectivity index (χ3v) is 7.29. The fraction of sp³-hybridized carbons (Fsp3) is 0.667. The van der Waals surface area contributed by atoms with E-state index in [4.69, 9.17) is 9.47 Å². The maximum atomic E-state index is 12.6. The number of nitrogens with zero attached hydrogens (tertiary/aromatic N) is 1. The SMILES string of the molecule is CCC1(CC)CCC(OC(=O)N2CC[C@H](C(=O)NCc3ccc(O)c(OC)c3)C2)CC1. The minimum atomic E-state index is -0.288. The van der Waals surface area contributed by atoms with E-state index in [-0.39, 0.29) is 29.8 Å². The molecule has 0 aromatic heterocycles. The van der Waals surface area contributed by atoms with Gasteiger partial charge in [-0.25, -0.2) is 4.79 Å². The Morgan fingerprint density at radius 3 is 2.55 bits per heavy atom. The molecule has 0 unspecified atom stereocenters. The highest BCUT2D eigenvalue weighted by Gasteiger charge is 2.36. The van der Waals surface area contributed by atoms with Crippen molar-refractivity contribution >= 4 is 12.0 Å². The largest absolute Gasteiger partial charge is 0.504 e. The van der Waals surface area contributed by atoms with Gasteiger partial charge in [0.15, 0.2) is 11.5 Å². The number of phenols is 1. The second-order valence-electron chi connectivity index (χ2n) is 8.95. The molecule has 2 N–H and O–H groups in total. The van der Waals surface area contributed by atoms with Crippen LogP contribution < -0.4 is 10.1 Å². The zero-order chi connectivity index (χ0) is 22.4. The summed E-state index contributed by atoms with van der Waals surface area (Å²) >= 11 is 0. The Morgan fingerprint density at radius 1 is 1.19 bits per heavy atom. The first-order valence-corrected chi connectivity index (χ1v) is 11.5. The number of phenolic OH excluding ortho intramolecular Hbond substituents is 1. The van der Waals surface area contributed by atoms with Gasteiger partial charge in [0, 0.05) is 19.6 Å². The van der Waals surface area contributed by atoms with Crippen LogP contribution in [0.1, 0.15) is 64.4 Å². The van der Waals surface area contributed by atoms with E-state index in [0.717, 1.165) is 31.2 Å². The third-order valence-electron chi connectivity index (χ3n) is 7.29. The Balaban J connectivity index is 1.43. The third kappa shape index (κ3) is 5.63. The highest BCUT2D eigenvalue weighted by Crippen LogP contribution is 2.42. The average Bonchev–Trinajstić information content (AvgIpc) is 3.30. The van der Waals surface area contributed by atoms with Crippen LogP contribution in [-0.4, -0.2) is 48.3 Å². The molecule has 2 amide bonds. The van der Waals surface area contributed by atoms with Crippen molar-refractivity contribution in [2.75, 3.05) is 20.2 Å². The van der Waals surface area contributed by atoms with Crippen molar-refractivity contribution < 1.29 is 24.2 Å². The molecule has 1 aliphatic heterocycles. The molecule has 0 radical (unpaired) electrons. The van der Waals surface area contributed by atoms with Gasteiger partial charge in [-0.15, -0.1) is 0 Å². The number of amides is 2. The van der Waals surface area contributed by atoms with Gasteiger partial charge in [-0.1, -0.05) is 32.8 Å². The van der Waals surface area contributed by atoms with Gasteiger partial charge in [0.25, 0.3) is 0 Å². The lowest BCUT2D eigenvalue weighted by molar-refractivity contribution is -0.124. The Bertz CT molecular complexity index is 767. The highest BCUT2D eigenvalue weighted by molar-refractivity contribution is 5.80. The van der Waals surface area contributed by atoms with Crippen LogP contribution in [0.3, 0.4) is 0 Å². The molecule has 1 heterocycles. The van der Waals surface area contributed by atoms with Gasteiger partial charge >= 0.3 is 6.09 Å². The number of nitrogens with one attached hydrogen (secondary N) is 1. The summed E-state index contributed by atoms with van der Waals surface area (Å²) in [4.78, 5) is 26.8. The quantitative estimate of drug-likeness (QED) is 0.673. The number of hydrogen-bond donors (Lipinski definition) is 2. The Morgan fingerprint density at radius 2 is 1.90 bits per heavy atom. The Hall–Kier alpha value is -2.44. The van der Waals surface area contributed by atoms with Gasteiger partial charge in [-0.2, -0.15) is 0 Å². The van der Waals surface area contributed by atoms with Crippen molar-refractivity contribution in [3.8, 4) is 11.5 Å². The molecule has 7 heteroatoms. The van der Waals surface area contributed by atoms with Crippen LogP contribution in [0.2, 0.25) is 0 Å². The van der Waals surface area contributed by atoms with Gasteiger partial charge in [-0.3, -0.25) is 4.79 Å². The van der Waals surface area contributed by atoms with Crippen molar-refractivity contribution in [2.24, 2.45) is 11.3 Å². The van der Waals surface area contributed by atoms with Gasteiger partial charge < -0.3 is 24.8 Å². The summed E-state index contributed by atoms with van der Waals surface area (Å²) in [5.74, 6) is 0.136. The number of carbonyl (C=O) groups is 2. The molecular weight excluding hydrogens is 396 g/mol. The molecule has 1 aromatic carbocycles. The molecule has 1 aromatic rings. The molecule has 1 aliphatic carbocycles. The van der Waals surface area contributed by atoms with E-state index in [9.17, 15) is 14.7 Å². The van der Waals surface area contributed by atoms with Crippen molar-refractivity contribution in [1.82, 2.24) is 10.2 Å². The molecule has 0 spiro atoms. The topological polar surface area (TPSA) is 88.1 Å². The summed E-state index contributed by atoms with van der Waals surface area (Å²) in [6, 6.07) is 4.99. The molecule has 0 bridgehead atoms. The van der Waals surface area contributed by atoms with E-state index >= 15 is 0 Å². The second-order valence-corrected chi connectivity index (χ2v) is 8.95. The van der Waals surface area contributed by atoms with Crippen molar-refractivity contribution in [1.29, 1.82) is 0 Å². The Labute approximate surface area is 185 Å². The fourth-order valence-electron chi connectivity index (χ4n) is 4.80. The van der Waals surface area contributed by atoms with Gasteiger partial charge in [0.05, 0.1) is 13.0 Å². The predicted octanol–water partition coefficient (Wildman–Crippen LogP) is 4.22. The molecule has 1 saturated carbocycles.